The normalized spacial score (nSPS) is 11.9. The second kappa shape index (κ2) is 6.61. The van der Waals surface area contributed by atoms with Gasteiger partial charge in [0.05, 0.1) is 29.3 Å². The predicted octanol–water partition coefficient (Wildman–Crippen LogP) is 4.54. The lowest BCUT2D eigenvalue weighted by Gasteiger charge is -2.19. The second-order valence-electron chi connectivity index (χ2n) is 6.40. The van der Waals surface area contributed by atoms with Gasteiger partial charge in [0, 0.05) is 5.75 Å². The fourth-order valence-corrected chi connectivity index (χ4v) is 3.56. The highest BCUT2D eigenvalue weighted by Crippen LogP contribution is 2.31. The SMILES string of the molecule is COc1ccc(CSc2ncnc3c2cnn3C(C)(C)C)cc1Cl. The number of benzene rings is 1. The summed E-state index contributed by atoms with van der Waals surface area (Å²) in [5.41, 5.74) is 1.84. The third kappa shape index (κ3) is 3.35. The predicted molar refractivity (Wildman–Crippen MR) is 97.9 cm³/mol. The van der Waals surface area contributed by atoms with Gasteiger partial charge in [0.1, 0.15) is 17.1 Å². The van der Waals surface area contributed by atoms with Crippen molar-refractivity contribution in [1.29, 1.82) is 0 Å². The molecule has 0 aliphatic heterocycles. The van der Waals surface area contributed by atoms with Crippen LogP contribution in [0.2, 0.25) is 5.02 Å². The Morgan fingerprint density at radius 1 is 1.25 bits per heavy atom. The minimum atomic E-state index is -0.123. The van der Waals surface area contributed by atoms with Crippen LogP contribution in [0.5, 0.6) is 5.75 Å². The number of hydrogen-bond donors (Lipinski definition) is 0. The first-order valence-corrected chi connectivity index (χ1v) is 8.91. The second-order valence-corrected chi connectivity index (χ2v) is 7.77. The minimum absolute atomic E-state index is 0.123. The zero-order valence-corrected chi connectivity index (χ0v) is 15.6. The van der Waals surface area contributed by atoms with Gasteiger partial charge in [0.25, 0.3) is 0 Å². The average molecular weight is 363 g/mol. The van der Waals surface area contributed by atoms with Crippen LogP contribution in [0.1, 0.15) is 26.3 Å². The van der Waals surface area contributed by atoms with Crippen LogP contribution in [0.25, 0.3) is 11.0 Å². The molecule has 3 rings (SSSR count). The Morgan fingerprint density at radius 2 is 2.04 bits per heavy atom. The molecule has 1 aromatic carbocycles. The summed E-state index contributed by atoms with van der Waals surface area (Å²) in [6.45, 7) is 6.31. The number of aromatic nitrogens is 4. The Morgan fingerprint density at radius 3 is 2.71 bits per heavy atom. The molecule has 0 N–H and O–H groups in total. The van der Waals surface area contributed by atoms with Crippen molar-refractivity contribution in [2.45, 2.75) is 37.1 Å². The molecule has 0 saturated carbocycles. The topological polar surface area (TPSA) is 52.8 Å². The van der Waals surface area contributed by atoms with Crippen LogP contribution in [-0.2, 0) is 11.3 Å². The highest BCUT2D eigenvalue weighted by atomic mass is 35.5. The van der Waals surface area contributed by atoms with Gasteiger partial charge in [0.2, 0.25) is 0 Å². The first-order valence-electron chi connectivity index (χ1n) is 7.54. The zero-order chi connectivity index (χ0) is 17.3. The third-order valence-corrected chi connectivity index (χ3v) is 4.93. The molecule has 0 fully saturated rings. The molecule has 3 aromatic rings. The van der Waals surface area contributed by atoms with E-state index in [-0.39, 0.29) is 5.54 Å². The van der Waals surface area contributed by atoms with Crippen LogP contribution in [0.15, 0.2) is 35.7 Å². The molecule has 0 amide bonds. The number of rotatable bonds is 4. The van der Waals surface area contributed by atoms with E-state index in [1.807, 2.05) is 29.1 Å². The summed E-state index contributed by atoms with van der Waals surface area (Å²) in [4.78, 5) is 8.81. The van der Waals surface area contributed by atoms with Crippen molar-refractivity contribution in [3.05, 3.63) is 41.3 Å². The van der Waals surface area contributed by atoms with Crippen molar-refractivity contribution < 1.29 is 4.74 Å². The number of halogens is 1. The third-order valence-electron chi connectivity index (χ3n) is 3.56. The Bertz CT molecular complexity index is 873. The van der Waals surface area contributed by atoms with Gasteiger partial charge in [-0.3, -0.25) is 0 Å². The van der Waals surface area contributed by atoms with Gasteiger partial charge in [0.15, 0.2) is 5.65 Å². The van der Waals surface area contributed by atoms with Gasteiger partial charge in [-0.2, -0.15) is 5.10 Å². The molecular formula is C17H19ClN4OS. The van der Waals surface area contributed by atoms with Gasteiger partial charge in [-0.05, 0) is 38.5 Å². The minimum Gasteiger partial charge on any atom is -0.495 e. The van der Waals surface area contributed by atoms with Crippen molar-refractivity contribution in [2.24, 2.45) is 0 Å². The van der Waals surface area contributed by atoms with Gasteiger partial charge >= 0.3 is 0 Å². The van der Waals surface area contributed by atoms with Crippen molar-refractivity contribution in [3.63, 3.8) is 0 Å². The molecule has 126 valence electrons. The van der Waals surface area contributed by atoms with Crippen molar-refractivity contribution >= 4 is 34.4 Å². The van der Waals surface area contributed by atoms with Crippen LogP contribution in [-0.4, -0.2) is 26.9 Å². The maximum Gasteiger partial charge on any atom is 0.162 e. The maximum atomic E-state index is 6.19. The number of methoxy groups -OCH3 is 1. The lowest BCUT2D eigenvalue weighted by atomic mass is 10.1. The van der Waals surface area contributed by atoms with Crippen LogP contribution in [0, 0.1) is 0 Å². The van der Waals surface area contributed by atoms with Crippen molar-refractivity contribution in [3.8, 4) is 5.75 Å². The van der Waals surface area contributed by atoms with E-state index < -0.39 is 0 Å². The van der Waals surface area contributed by atoms with Crippen molar-refractivity contribution in [2.75, 3.05) is 7.11 Å². The first-order chi connectivity index (χ1) is 11.4. The molecule has 0 saturated heterocycles. The number of thioether (sulfide) groups is 1. The van der Waals surface area contributed by atoms with Gasteiger partial charge < -0.3 is 4.74 Å². The van der Waals surface area contributed by atoms with Gasteiger partial charge in [-0.25, -0.2) is 14.6 Å². The van der Waals surface area contributed by atoms with E-state index >= 15 is 0 Å². The van der Waals surface area contributed by atoms with E-state index in [0.29, 0.717) is 10.8 Å². The first kappa shape index (κ1) is 17.0. The zero-order valence-electron chi connectivity index (χ0n) is 14.1. The van der Waals surface area contributed by atoms with Crippen LogP contribution < -0.4 is 4.74 Å². The molecule has 0 aliphatic rings. The summed E-state index contributed by atoms with van der Waals surface area (Å²) in [7, 11) is 1.61. The van der Waals surface area contributed by atoms with E-state index in [9.17, 15) is 0 Å². The van der Waals surface area contributed by atoms with E-state index in [1.165, 1.54) is 0 Å². The molecule has 0 atom stereocenters. The Kier molecular flexibility index (Phi) is 4.69. The quantitative estimate of drug-likeness (QED) is 0.504. The highest BCUT2D eigenvalue weighted by molar-refractivity contribution is 7.98. The molecule has 0 spiro atoms. The monoisotopic (exact) mass is 362 g/mol. The summed E-state index contributed by atoms with van der Waals surface area (Å²) >= 11 is 7.83. The van der Waals surface area contributed by atoms with Gasteiger partial charge in [-0.15, -0.1) is 11.8 Å². The molecule has 0 unspecified atom stereocenters. The maximum absolute atomic E-state index is 6.19. The highest BCUT2D eigenvalue weighted by Gasteiger charge is 2.19. The van der Waals surface area contributed by atoms with Gasteiger partial charge in [-0.1, -0.05) is 17.7 Å². The summed E-state index contributed by atoms with van der Waals surface area (Å²) < 4.78 is 7.11. The van der Waals surface area contributed by atoms with E-state index in [4.69, 9.17) is 16.3 Å². The molecular weight excluding hydrogens is 344 g/mol. The van der Waals surface area contributed by atoms with E-state index in [2.05, 4.69) is 35.8 Å². The molecule has 7 heteroatoms. The number of fused-ring (bicyclic) bond motifs is 1. The van der Waals surface area contributed by atoms with Crippen LogP contribution >= 0.6 is 23.4 Å². The summed E-state index contributed by atoms with van der Waals surface area (Å²) in [5.74, 6) is 1.44. The number of hydrogen-bond acceptors (Lipinski definition) is 5. The summed E-state index contributed by atoms with van der Waals surface area (Å²) in [6.07, 6.45) is 3.43. The number of nitrogens with zero attached hydrogens (tertiary/aromatic N) is 4. The molecule has 2 heterocycles. The standard InChI is InChI=1S/C17H19ClN4OS/c1-17(2,3)22-15-12(8-21-22)16(20-10-19-15)24-9-11-5-6-14(23-4)13(18)7-11/h5-8,10H,9H2,1-4H3. The molecule has 0 radical (unpaired) electrons. The lowest BCUT2D eigenvalue weighted by Crippen LogP contribution is -2.23. The Balaban J connectivity index is 1.86. The fourth-order valence-electron chi connectivity index (χ4n) is 2.38. The lowest BCUT2D eigenvalue weighted by molar-refractivity contribution is 0.366. The van der Waals surface area contributed by atoms with Crippen LogP contribution in [0.3, 0.4) is 0 Å². The largest absolute Gasteiger partial charge is 0.495 e. The molecule has 24 heavy (non-hydrogen) atoms. The average Bonchev–Trinajstić information content (AvgIpc) is 2.97. The summed E-state index contributed by atoms with van der Waals surface area (Å²) in [5, 5.41) is 6.99. The Hall–Kier alpha value is -1.79. The molecule has 0 aliphatic carbocycles. The van der Waals surface area contributed by atoms with Crippen LogP contribution in [0.4, 0.5) is 0 Å². The van der Waals surface area contributed by atoms with E-state index in [0.717, 1.165) is 27.4 Å². The van der Waals surface area contributed by atoms with Crippen molar-refractivity contribution in [1.82, 2.24) is 19.7 Å². The summed E-state index contributed by atoms with van der Waals surface area (Å²) in [6, 6.07) is 5.81. The molecule has 5 nitrogen and oxygen atoms in total. The molecule has 0 bridgehead atoms. The fraction of sp³-hybridized carbons (Fsp3) is 0.353. The smallest absolute Gasteiger partial charge is 0.162 e. The van der Waals surface area contributed by atoms with E-state index in [1.54, 1.807) is 25.2 Å². The number of ether oxygens (including phenoxy) is 1. The Labute approximate surface area is 150 Å². The molecule has 2 aromatic heterocycles.